The van der Waals surface area contributed by atoms with Crippen LogP contribution in [0.3, 0.4) is 0 Å². The molecule has 2 heterocycles. The van der Waals surface area contributed by atoms with E-state index in [2.05, 4.69) is 23.4 Å². The van der Waals surface area contributed by atoms with Crippen LogP contribution in [0.25, 0.3) is 21.3 Å². The van der Waals surface area contributed by atoms with Gasteiger partial charge in [0.2, 0.25) is 0 Å². The third kappa shape index (κ3) is 1.68. The van der Waals surface area contributed by atoms with Gasteiger partial charge in [0, 0.05) is 27.5 Å². The average molecular weight is 240 g/mol. The second kappa shape index (κ2) is 3.86. The lowest BCUT2D eigenvalue weighted by molar-refractivity contribution is 1.34. The summed E-state index contributed by atoms with van der Waals surface area (Å²) < 4.78 is 1.26. The number of nitrogen functional groups attached to an aromatic ring is 1. The molecule has 0 fully saturated rings. The Morgan fingerprint density at radius 2 is 2.06 bits per heavy atom. The number of rotatable bonds is 1. The maximum absolute atomic E-state index is 5.86. The van der Waals surface area contributed by atoms with Gasteiger partial charge in [-0.2, -0.15) is 0 Å². The highest BCUT2D eigenvalue weighted by molar-refractivity contribution is 7.17. The summed E-state index contributed by atoms with van der Waals surface area (Å²) in [4.78, 5) is 4.50. The molecule has 3 rings (SSSR count). The van der Waals surface area contributed by atoms with E-state index in [-0.39, 0.29) is 0 Å². The molecule has 0 aliphatic rings. The van der Waals surface area contributed by atoms with Crippen LogP contribution in [-0.4, -0.2) is 4.98 Å². The number of hydrogen-bond donors (Lipinski definition) is 1. The van der Waals surface area contributed by atoms with Crippen molar-refractivity contribution in [3.63, 3.8) is 0 Å². The van der Waals surface area contributed by atoms with Gasteiger partial charge in [-0.05, 0) is 42.1 Å². The zero-order chi connectivity index (χ0) is 11.8. The van der Waals surface area contributed by atoms with Gasteiger partial charge in [-0.15, -0.1) is 11.3 Å². The summed E-state index contributed by atoms with van der Waals surface area (Å²) in [6.45, 7) is 2.08. The van der Waals surface area contributed by atoms with E-state index in [0.29, 0.717) is 0 Å². The van der Waals surface area contributed by atoms with Crippen molar-refractivity contribution < 1.29 is 0 Å². The third-order valence-corrected chi connectivity index (χ3v) is 3.78. The molecular weight excluding hydrogens is 228 g/mol. The first-order chi connectivity index (χ1) is 8.25. The number of aryl methyl sites for hydroxylation is 1. The quantitative estimate of drug-likeness (QED) is 0.656. The molecule has 0 saturated heterocycles. The van der Waals surface area contributed by atoms with Crippen LogP contribution in [0.5, 0.6) is 0 Å². The van der Waals surface area contributed by atoms with Crippen LogP contribution in [0, 0.1) is 6.92 Å². The highest BCUT2D eigenvalue weighted by Gasteiger charge is 2.08. The number of thiophene rings is 1. The largest absolute Gasteiger partial charge is 0.399 e. The van der Waals surface area contributed by atoms with Crippen molar-refractivity contribution in [2.24, 2.45) is 0 Å². The topological polar surface area (TPSA) is 38.9 Å². The number of nitrogens with zero attached hydrogens (tertiary/aromatic N) is 1. The van der Waals surface area contributed by atoms with E-state index in [1.165, 1.54) is 15.6 Å². The van der Waals surface area contributed by atoms with Gasteiger partial charge in [-0.3, -0.25) is 4.98 Å². The highest BCUT2D eigenvalue weighted by atomic mass is 32.1. The fourth-order valence-corrected chi connectivity index (χ4v) is 2.79. The van der Waals surface area contributed by atoms with E-state index in [9.17, 15) is 0 Å². The van der Waals surface area contributed by atoms with Crippen LogP contribution >= 0.6 is 11.3 Å². The van der Waals surface area contributed by atoms with Crippen LogP contribution in [0.1, 0.15) is 5.56 Å². The Morgan fingerprint density at radius 3 is 2.94 bits per heavy atom. The Morgan fingerprint density at radius 1 is 1.18 bits per heavy atom. The SMILES string of the molecule is Cc1ccc(N)cc1-c1nccc2sccc12. The fourth-order valence-electron chi connectivity index (χ4n) is 2.00. The molecule has 1 aromatic carbocycles. The molecule has 84 valence electrons. The van der Waals surface area contributed by atoms with Crippen molar-refractivity contribution in [2.75, 3.05) is 5.73 Å². The van der Waals surface area contributed by atoms with Crippen molar-refractivity contribution in [1.29, 1.82) is 0 Å². The van der Waals surface area contributed by atoms with E-state index in [1.54, 1.807) is 11.3 Å². The Balaban J connectivity index is 2.34. The van der Waals surface area contributed by atoms with Crippen LogP contribution < -0.4 is 5.73 Å². The fraction of sp³-hybridized carbons (Fsp3) is 0.0714. The molecule has 0 spiro atoms. The second-order valence-corrected chi connectivity index (χ2v) is 5.01. The molecule has 0 radical (unpaired) electrons. The molecule has 2 aromatic heterocycles. The van der Waals surface area contributed by atoms with E-state index < -0.39 is 0 Å². The smallest absolute Gasteiger partial charge is 0.0792 e. The lowest BCUT2D eigenvalue weighted by atomic mass is 10.0. The summed E-state index contributed by atoms with van der Waals surface area (Å²) in [5.74, 6) is 0. The van der Waals surface area contributed by atoms with Crippen LogP contribution in [-0.2, 0) is 0 Å². The minimum Gasteiger partial charge on any atom is -0.399 e. The number of pyridine rings is 1. The van der Waals surface area contributed by atoms with Crippen LogP contribution in [0.4, 0.5) is 5.69 Å². The van der Waals surface area contributed by atoms with Gasteiger partial charge >= 0.3 is 0 Å². The van der Waals surface area contributed by atoms with Crippen molar-refractivity contribution in [1.82, 2.24) is 4.98 Å². The summed E-state index contributed by atoms with van der Waals surface area (Å²) in [7, 11) is 0. The van der Waals surface area contributed by atoms with E-state index in [4.69, 9.17) is 5.73 Å². The molecule has 17 heavy (non-hydrogen) atoms. The second-order valence-electron chi connectivity index (χ2n) is 4.07. The molecule has 0 aliphatic heterocycles. The van der Waals surface area contributed by atoms with Gasteiger partial charge < -0.3 is 5.73 Å². The monoisotopic (exact) mass is 240 g/mol. The molecule has 0 saturated carbocycles. The molecule has 0 atom stereocenters. The van der Waals surface area contributed by atoms with Crippen molar-refractivity contribution in [3.8, 4) is 11.3 Å². The molecule has 0 amide bonds. The Labute approximate surface area is 104 Å². The Hall–Kier alpha value is -1.87. The van der Waals surface area contributed by atoms with Gasteiger partial charge in [-0.25, -0.2) is 0 Å². The third-order valence-electron chi connectivity index (χ3n) is 2.90. The predicted octanol–water partition coefficient (Wildman–Crippen LogP) is 3.85. The molecule has 0 aliphatic carbocycles. The molecular formula is C14H12N2S. The number of fused-ring (bicyclic) bond motifs is 1. The van der Waals surface area contributed by atoms with E-state index in [1.807, 2.05) is 30.5 Å². The van der Waals surface area contributed by atoms with Crippen molar-refractivity contribution in [3.05, 3.63) is 47.5 Å². The maximum Gasteiger partial charge on any atom is 0.0792 e. The zero-order valence-electron chi connectivity index (χ0n) is 9.47. The first kappa shape index (κ1) is 10.3. The predicted molar refractivity (Wildman–Crippen MR) is 74.2 cm³/mol. The van der Waals surface area contributed by atoms with Gasteiger partial charge in [0.05, 0.1) is 5.69 Å². The van der Waals surface area contributed by atoms with Gasteiger partial charge in [-0.1, -0.05) is 6.07 Å². The summed E-state index contributed by atoms with van der Waals surface area (Å²) in [6.07, 6.45) is 1.86. The molecule has 3 heteroatoms. The normalized spacial score (nSPS) is 10.9. The van der Waals surface area contributed by atoms with Crippen molar-refractivity contribution >= 4 is 27.1 Å². The molecule has 3 aromatic rings. The Bertz CT molecular complexity index is 686. The zero-order valence-corrected chi connectivity index (χ0v) is 10.3. The van der Waals surface area contributed by atoms with Crippen LogP contribution in [0.15, 0.2) is 41.9 Å². The van der Waals surface area contributed by atoms with Crippen molar-refractivity contribution in [2.45, 2.75) is 6.92 Å². The minimum absolute atomic E-state index is 0.777. The van der Waals surface area contributed by atoms with Gasteiger partial charge in [0.15, 0.2) is 0 Å². The summed E-state index contributed by atoms with van der Waals surface area (Å²) in [5, 5.41) is 3.29. The molecule has 0 unspecified atom stereocenters. The number of anilines is 1. The first-order valence-electron chi connectivity index (χ1n) is 5.44. The van der Waals surface area contributed by atoms with E-state index >= 15 is 0 Å². The summed E-state index contributed by atoms with van der Waals surface area (Å²) in [5.41, 5.74) is 9.98. The summed E-state index contributed by atoms with van der Waals surface area (Å²) in [6, 6.07) is 10.1. The number of hydrogen-bond acceptors (Lipinski definition) is 3. The minimum atomic E-state index is 0.777. The van der Waals surface area contributed by atoms with E-state index in [0.717, 1.165) is 16.9 Å². The first-order valence-corrected chi connectivity index (χ1v) is 6.32. The van der Waals surface area contributed by atoms with Crippen LogP contribution in [0.2, 0.25) is 0 Å². The lowest BCUT2D eigenvalue weighted by Crippen LogP contribution is -1.91. The van der Waals surface area contributed by atoms with Gasteiger partial charge in [0.1, 0.15) is 0 Å². The molecule has 2 N–H and O–H groups in total. The van der Waals surface area contributed by atoms with Gasteiger partial charge in [0.25, 0.3) is 0 Å². The average Bonchev–Trinajstić information content (AvgIpc) is 2.80. The number of benzene rings is 1. The highest BCUT2D eigenvalue weighted by Crippen LogP contribution is 2.32. The lowest BCUT2D eigenvalue weighted by Gasteiger charge is -2.07. The standard InChI is InChI=1S/C14H12N2S/c1-9-2-3-10(15)8-12(9)14-11-5-7-17-13(11)4-6-16-14/h2-8H,15H2,1H3. The summed E-state index contributed by atoms with van der Waals surface area (Å²) >= 11 is 1.73. The Kier molecular flexibility index (Phi) is 2.34. The molecule has 0 bridgehead atoms. The molecule has 2 nitrogen and oxygen atoms in total. The maximum atomic E-state index is 5.86. The number of aromatic nitrogens is 1. The number of nitrogens with two attached hydrogens (primary N) is 1.